The van der Waals surface area contributed by atoms with E-state index in [1.807, 2.05) is 48.2 Å². The number of amides is 2. The molecule has 124 valence electrons. The molecule has 0 spiro atoms. The maximum absolute atomic E-state index is 12.4. The van der Waals surface area contributed by atoms with Gasteiger partial charge in [-0.25, -0.2) is 14.8 Å². The standard InChI is InChI=1S/C17H19N5OS/c1-10-7-22-8-13(5-6-14(22)18-10)20-17(23)21-15(12-3-4-12)16-19-11(2)9-24-16/h5-9,12,15H,3-4H2,1-2H3,(H2,20,21,23)/t15-/m0/s1. The molecule has 24 heavy (non-hydrogen) atoms. The minimum absolute atomic E-state index is 0.00270. The van der Waals surface area contributed by atoms with Crippen molar-refractivity contribution in [3.63, 3.8) is 0 Å². The number of pyridine rings is 1. The summed E-state index contributed by atoms with van der Waals surface area (Å²) in [5, 5.41) is 9.01. The first-order valence-electron chi connectivity index (χ1n) is 8.03. The minimum Gasteiger partial charge on any atom is -0.328 e. The molecular formula is C17H19N5OS. The van der Waals surface area contributed by atoms with Crippen LogP contribution >= 0.6 is 11.3 Å². The van der Waals surface area contributed by atoms with Gasteiger partial charge in [-0.15, -0.1) is 11.3 Å². The molecule has 0 saturated heterocycles. The molecule has 0 aliphatic heterocycles. The second-order valence-corrected chi connectivity index (χ2v) is 7.20. The summed E-state index contributed by atoms with van der Waals surface area (Å²) in [4.78, 5) is 21.3. The zero-order valence-corrected chi connectivity index (χ0v) is 14.4. The second kappa shape index (κ2) is 5.90. The number of hydrogen-bond donors (Lipinski definition) is 2. The van der Waals surface area contributed by atoms with Crippen molar-refractivity contribution in [2.75, 3.05) is 5.32 Å². The summed E-state index contributed by atoms with van der Waals surface area (Å²) >= 11 is 1.61. The molecule has 1 saturated carbocycles. The van der Waals surface area contributed by atoms with Gasteiger partial charge in [-0.1, -0.05) is 0 Å². The Balaban J connectivity index is 1.48. The van der Waals surface area contributed by atoms with Crippen molar-refractivity contribution < 1.29 is 4.79 Å². The van der Waals surface area contributed by atoms with Gasteiger partial charge in [0.05, 0.1) is 17.4 Å². The van der Waals surface area contributed by atoms with Gasteiger partial charge in [0, 0.05) is 23.5 Å². The Hall–Kier alpha value is -2.41. The average Bonchev–Trinajstić information content (AvgIpc) is 3.18. The summed E-state index contributed by atoms with van der Waals surface area (Å²) in [6.07, 6.45) is 6.09. The highest BCUT2D eigenvalue weighted by Gasteiger charge is 2.35. The molecule has 1 aliphatic carbocycles. The molecule has 3 heterocycles. The predicted molar refractivity (Wildman–Crippen MR) is 94.4 cm³/mol. The monoisotopic (exact) mass is 341 g/mol. The molecule has 7 heteroatoms. The number of urea groups is 1. The van der Waals surface area contributed by atoms with E-state index in [1.165, 1.54) is 0 Å². The fourth-order valence-corrected chi connectivity index (χ4v) is 3.77. The highest BCUT2D eigenvalue weighted by atomic mass is 32.1. The Labute approximate surface area is 143 Å². The van der Waals surface area contributed by atoms with Crippen LogP contribution in [0.4, 0.5) is 10.5 Å². The van der Waals surface area contributed by atoms with Crippen LogP contribution in [0.5, 0.6) is 0 Å². The van der Waals surface area contributed by atoms with Crippen LogP contribution < -0.4 is 10.6 Å². The summed E-state index contributed by atoms with van der Waals surface area (Å²) in [5.74, 6) is 0.500. The summed E-state index contributed by atoms with van der Waals surface area (Å²) in [7, 11) is 0. The first-order chi connectivity index (χ1) is 11.6. The van der Waals surface area contributed by atoms with E-state index in [0.29, 0.717) is 5.92 Å². The summed E-state index contributed by atoms with van der Waals surface area (Å²) < 4.78 is 1.91. The number of fused-ring (bicyclic) bond motifs is 1. The first-order valence-corrected chi connectivity index (χ1v) is 8.91. The molecule has 0 bridgehead atoms. The SMILES string of the molecule is Cc1csc([C@@H](NC(=O)Nc2ccc3nc(C)cn3c2)C2CC2)n1. The van der Waals surface area contributed by atoms with Crippen LogP contribution in [0, 0.1) is 19.8 Å². The molecule has 2 N–H and O–H groups in total. The van der Waals surface area contributed by atoms with E-state index >= 15 is 0 Å². The molecule has 1 atom stereocenters. The molecule has 0 aromatic carbocycles. The van der Waals surface area contributed by atoms with E-state index < -0.39 is 0 Å². The van der Waals surface area contributed by atoms with E-state index in [1.54, 1.807) is 11.3 Å². The second-order valence-electron chi connectivity index (χ2n) is 6.31. The number of aryl methyl sites for hydroxylation is 2. The highest BCUT2D eigenvalue weighted by molar-refractivity contribution is 7.09. The molecular weight excluding hydrogens is 322 g/mol. The summed E-state index contributed by atoms with van der Waals surface area (Å²) in [6.45, 7) is 3.93. The minimum atomic E-state index is -0.198. The summed E-state index contributed by atoms with van der Waals surface area (Å²) in [6, 6.07) is 3.56. The maximum atomic E-state index is 12.4. The quantitative estimate of drug-likeness (QED) is 0.760. The molecule has 1 aliphatic rings. The van der Waals surface area contributed by atoms with Crippen LogP contribution in [-0.4, -0.2) is 20.4 Å². The number of thiazole rings is 1. The molecule has 3 aromatic rings. The van der Waals surface area contributed by atoms with E-state index in [2.05, 4.69) is 20.6 Å². The van der Waals surface area contributed by atoms with Gasteiger partial charge in [-0.3, -0.25) is 0 Å². The van der Waals surface area contributed by atoms with Gasteiger partial charge >= 0.3 is 6.03 Å². The van der Waals surface area contributed by atoms with Crippen LogP contribution in [0.3, 0.4) is 0 Å². The molecule has 3 aromatic heterocycles. The topological polar surface area (TPSA) is 71.3 Å². The van der Waals surface area contributed by atoms with Crippen molar-refractivity contribution in [3.8, 4) is 0 Å². The van der Waals surface area contributed by atoms with Gasteiger partial charge in [-0.2, -0.15) is 0 Å². The van der Waals surface area contributed by atoms with Gasteiger partial charge in [0.1, 0.15) is 10.7 Å². The smallest absolute Gasteiger partial charge is 0.319 e. The highest BCUT2D eigenvalue weighted by Crippen LogP contribution is 2.41. The lowest BCUT2D eigenvalue weighted by atomic mass is 10.2. The van der Waals surface area contributed by atoms with Gasteiger partial charge in [-0.05, 0) is 44.7 Å². The first kappa shape index (κ1) is 15.1. The van der Waals surface area contributed by atoms with Crippen molar-refractivity contribution >= 4 is 28.7 Å². The number of anilines is 1. The zero-order chi connectivity index (χ0) is 16.7. The van der Waals surface area contributed by atoms with Gasteiger partial charge in [0.25, 0.3) is 0 Å². The number of rotatable bonds is 4. The number of carbonyl (C=O) groups excluding carboxylic acids is 1. The molecule has 1 fully saturated rings. The largest absolute Gasteiger partial charge is 0.328 e. The number of imidazole rings is 1. The van der Waals surface area contributed by atoms with Gasteiger partial charge in [0.15, 0.2) is 0 Å². The lowest BCUT2D eigenvalue weighted by Gasteiger charge is -2.16. The number of carbonyl (C=O) groups is 1. The van der Waals surface area contributed by atoms with Crippen molar-refractivity contribution in [2.45, 2.75) is 32.7 Å². The number of hydrogen-bond acceptors (Lipinski definition) is 4. The number of aromatic nitrogens is 3. The van der Waals surface area contributed by atoms with Gasteiger partial charge < -0.3 is 15.0 Å². The fourth-order valence-electron chi connectivity index (χ4n) is 2.83. The van der Waals surface area contributed by atoms with Crippen molar-refractivity contribution in [1.82, 2.24) is 19.7 Å². The Bertz CT molecular complexity index is 895. The van der Waals surface area contributed by atoms with Crippen LogP contribution in [0.1, 0.15) is 35.3 Å². The molecule has 4 rings (SSSR count). The van der Waals surface area contributed by atoms with Crippen LogP contribution in [0.25, 0.3) is 5.65 Å². The molecule has 0 radical (unpaired) electrons. The lowest BCUT2D eigenvalue weighted by molar-refractivity contribution is 0.247. The normalized spacial score (nSPS) is 15.4. The lowest BCUT2D eigenvalue weighted by Crippen LogP contribution is -2.33. The zero-order valence-electron chi connectivity index (χ0n) is 13.6. The predicted octanol–water partition coefficient (Wildman–Crippen LogP) is 3.68. The van der Waals surface area contributed by atoms with Crippen LogP contribution in [-0.2, 0) is 0 Å². The van der Waals surface area contributed by atoms with Gasteiger partial charge in [0.2, 0.25) is 0 Å². The third-order valence-electron chi connectivity index (χ3n) is 4.11. The van der Waals surface area contributed by atoms with E-state index in [9.17, 15) is 4.79 Å². The average molecular weight is 341 g/mol. The molecule has 6 nitrogen and oxygen atoms in total. The summed E-state index contributed by atoms with van der Waals surface area (Å²) in [5.41, 5.74) is 3.56. The van der Waals surface area contributed by atoms with E-state index in [4.69, 9.17) is 0 Å². The van der Waals surface area contributed by atoms with E-state index in [-0.39, 0.29) is 12.1 Å². The van der Waals surface area contributed by atoms with Crippen molar-refractivity contribution in [3.05, 3.63) is 46.3 Å². The Morgan fingerprint density at radius 3 is 2.79 bits per heavy atom. The van der Waals surface area contributed by atoms with Crippen molar-refractivity contribution in [2.24, 2.45) is 5.92 Å². The Morgan fingerprint density at radius 2 is 2.08 bits per heavy atom. The molecule has 2 amide bonds. The van der Waals surface area contributed by atoms with E-state index in [0.717, 1.165) is 40.6 Å². The third kappa shape index (κ3) is 3.12. The van der Waals surface area contributed by atoms with Crippen molar-refractivity contribution in [1.29, 1.82) is 0 Å². The fraction of sp³-hybridized carbons (Fsp3) is 0.353. The maximum Gasteiger partial charge on any atom is 0.319 e. The Kier molecular flexibility index (Phi) is 3.72. The third-order valence-corrected chi connectivity index (χ3v) is 5.16. The number of nitrogens with zero attached hydrogens (tertiary/aromatic N) is 3. The number of nitrogens with one attached hydrogen (secondary N) is 2. The molecule has 0 unspecified atom stereocenters. The van der Waals surface area contributed by atoms with Crippen LogP contribution in [0.15, 0.2) is 29.9 Å². The Morgan fingerprint density at radius 1 is 1.25 bits per heavy atom. The van der Waals surface area contributed by atoms with Crippen LogP contribution in [0.2, 0.25) is 0 Å².